The normalized spacial score (nSPS) is 24.9. The van der Waals surface area contributed by atoms with Gasteiger partial charge in [-0.05, 0) is 67.0 Å². The summed E-state index contributed by atoms with van der Waals surface area (Å²) in [5.74, 6) is 0.653. The summed E-state index contributed by atoms with van der Waals surface area (Å²) in [7, 11) is 0. The van der Waals surface area contributed by atoms with Crippen LogP contribution in [-0.2, 0) is 11.0 Å². The molecule has 33 heavy (non-hydrogen) atoms. The van der Waals surface area contributed by atoms with Crippen LogP contribution in [0.5, 0.6) is 5.75 Å². The van der Waals surface area contributed by atoms with Crippen LogP contribution in [-0.4, -0.2) is 22.0 Å². The predicted octanol–water partition coefficient (Wildman–Crippen LogP) is 5.47. The van der Waals surface area contributed by atoms with Crippen LogP contribution in [0, 0.1) is 29.5 Å². The predicted molar refractivity (Wildman–Crippen MR) is 113 cm³/mol. The topological polar surface area (TPSA) is 64.1 Å². The van der Waals surface area contributed by atoms with Crippen LogP contribution < -0.4 is 10.1 Å². The first-order chi connectivity index (χ1) is 15.7. The third-order valence-electron chi connectivity index (χ3n) is 6.74. The van der Waals surface area contributed by atoms with Gasteiger partial charge in [0.1, 0.15) is 17.3 Å². The van der Waals surface area contributed by atoms with E-state index in [-0.39, 0.29) is 35.4 Å². The molecule has 0 saturated heterocycles. The third kappa shape index (κ3) is 4.24. The number of nitrogens with one attached hydrogen (secondary N) is 1. The van der Waals surface area contributed by atoms with E-state index in [1.54, 1.807) is 18.3 Å². The Morgan fingerprint density at radius 1 is 1.12 bits per heavy atom. The molecule has 2 aromatic heterocycles. The molecule has 3 atom stereocenters. The monoisotopic (exact) mass is 459 g/mol. The van der Waals surface area contributed by atoms with E-state index in [4.69, 9.17) is 4.74 Å². The number of hydrogen-bond acceptors (Lipinski definition) is 4. The molecule has 1 N–H and O–H groups in total. The standard InChI is InChI=1S/C24H21F4N3O2/c1-12(23(32)31-14-3-5-21(30-11-14)24(26,27)28)22-16-9-15(10-17(16)22)33-20-6-7-29-19-4-2-13(25)8-18(19)20/h2-8,11-12,15-17,22H,9-10H2,1H3,(H,31,32). The number of carbonyl (C=O) groups excluding carboxylic acids is 1. The molecule has 2 heterocycles. The molecule has 3 unspecified atom stereocenters. The summed E-state index contributed by atoms with van der Waals surface area (Å²) in [5, 5.41) is 3.30. The zero-order valence-corrected chi connectivity index (χ0v) is 17.6. The van der Waals surface area contributed by atoms with E-state index in [0.29, 0.717) is 28.5 Å². The number of alkyl halides is 3. The van der Waals surface area contributed by atoms with Crippen LogP contribution in [0.3, 0.4) is 0 Å². The quantitative estimate of drug-likeness (QED) is 0.515. The SMILES string of the molecule is CC(C(=O)Nc1ccc(C(F)(F)F)nc1)C1C2CC(Oc3ccnc4ccc(F)cc34)CC21. The Labute approximate surface area is 187 Å². The summed E-state index contributed by atoms with van der Waals surface area (Å²) >= 11 is 0. The molecule has 2 aliphatic rings. The Bertz CT molecular complexity index is 1190. The largest absolute Gasteiger partial charge is 0.490 e. The number of halogens is 4. The summed E-state index contributed by atoms with van der Waals surface area (Å²) in [6.45, 7) is 1.84. The van der Waals surface area contributed by atoms with E-state index in [1.807, 2.05) is 6.92 Å². The van der Waals surface area contributed by atoms with Crippen LogP contribution in [0.25, 0.3) is 10.9 Å². The molecule has 1 amide bonds. The summed E-state index contributed by atoms with van der Waals surface area (Å²) in [6, 6.07) is 8.19. The lowest BCUT2D eigenvalue weighted by molar-refractivity contribution is -0.141. The van der Waals surface area contributed by atoms with E-state index in [2.05, 4.69) is 15.3 Å². The molecule has 2 fully saturated rings. The number of amides is 1. The van der Waals surface area contributed by atoms with Gasteiger partial charge < -0.3 is 10.1 Å². The van der Waals surface area contributed by atoms with E-state index in [9.17, 15) is 22.4 Å². The summed E-state index contributed by atoms with van der Waals surface area (Å²) in [5.41, 5.74) is -0.0947. The van der Waals surface area contributed by atoms with Crippen molar-refractivity contribution in [2.75, 3.05) is 5.32 Å². The Balaban J connectivity index is 1.17. The van der Waals surface area contributed by atoms with Crippen LogP contribution in [0.1, 0.15) is 25.5 Å². The lowest BCUT2D eigenvalue weighted by Gasteiger charge is -2.20. The van der Waals surface area contributed by atoms with E-state index < -0.39 is 11.9 Å². The maximum absolute atomic E-state index is 13.7. The summed E-state index contributed by atoms with van der Waals surface area (Å²) in [4.78, 5) is 20.2. The number of carbonyl (C=O) groups is 1. The number of hydrogen-bond donors (Lipinski definition) is 1. The number of pyridine rings is 2. The van der Waals surface area contributed by atoms with Crippen molar-refractivity contribution in [3.63, 3.8) is 0 Å². The maximum atomic E-state index is 13.7. The fraction of sp³-hybridized carbons (Fsp3) is 0.375. The molecule has 0 spiro atoms. The number of benzene rings is 1. The zero-order valence-electron chi connectivity index (χ0n) is 17.6. The van der Waals surface area contributed by atoms with E-state index in [1.165, 1.54) is 18.2 Å². The molecular formula is C24H21F4N3O2. The van der Waals surface area contributed by atoms with Gasteiger partial charge in [0.15, 0.2) is 0 Å². The third-order valence-corrected chi connectivity index (χ3v) is 6.74. The van der Waals surface area contributed by atoms with Crippen molar-refractivity contribution in [1.29, 1.82) is 0 Å². The van der Waals surface area contributed by atoms with Crippen molar-refractivity contribution in [3.05, 3.63) is 60.3 Å². The molecule has 0 aliphatic heterocycles. The number of anilines is 1. The molecule has 0 radical (unpaired) electrons. The molecule has 5 rings (SSSR count). The van der Waals surface area contributed by atoms with Crippen molar-refractivity contribution in [3.8, 4) is 5.75 Å². The van der Waals surface area contributed by atoms with Gasteiger partial charge in [-0.1, -0.05) is 6.92 Å². The second-order valence-electron chi connectivity index (χ2n) is 8.79. The minimum Gasteiger partial charge on any atom is -0.490 e. The van der Waals surface area contributed by atoms with Gasteiger partial charge in [0.05, 0.1) is 23.5 Å². The van der Waals surface area contributed by atoms with Crippen LogP contribution in [0.15, 0.2) is 48.8 Å². The van der Waals surface area contributed by atoms with Gasteiger partial charge in [0, 0.05) is 17.5 Å². The number of ether oxygens (including phenoxy) is 1. The van der Waals surface area contributed by atoms with Gasteiger partial charge in [-0.3, -0.25) is 9.78 Å². The van der Waals surface area contributed by atoms with Gasteiger partial charge >= 0.3 is 6.18 Å². The molecule has 0 bridgehead atoms. The Kier molecular flexibility index (Phi) is 5.22. The molecule has 5 nitrogen and oxygen atoms in total. The van der Waals surface area contributed by atoms with E-state index >= 15 is 0 Å². The average Bonchev–Trinajstić information content (AvgIpc) is 3.27. The smallest absolute Gasteiger partial charge is 0.433 e. The first-order valence-corrected chi connectivity index (χ1v) is 10.8. The fourth-order valence-electron chi connectivity index (χ4n) is 5.12. The van der Waals surface area contributed by atoms with Crippen molar-refractivity contribution in [2.24, 2.45) is 23.7 Å². The second kappa shape index (κ2) is 7.97. The lowest BCUT2D eigenvalue weighted by atomic mass is 9.97. The zero-order chi connectivity index (χ0) is 23.3. The number of rotatable bonds is 5. The maximum Gasteiger partial charge on any atom is 0.433 e. The summed E-state index contributed by atoms with van der Waals surface area (Å²) < 4.78 is 57.7. The van der Waals surface area contributed by atoms with Crippen molar-refractivity contribution in [1.82, 2.24) is 9.97 Å². The highest BCUT2D eigenvalue weighted by Crippen LogP contribution is 2.61. The number of nitrogens with zero attached hydrogens (tertiary/aromatic N) is 2. The van der Waals surface area contributed by atoms with Crippen LogP contribution in [0.2, 0.25) is 0 Å². The minimum absolute atomic E-state index is 0.0144. The molecular weight excluding hydrogens is 438 g/mol. The Morgan fingerprint density at radius 3 is 2.55 bits per heavy atom. The lowest BCUT2D eigenvalue weighted by Crippen LogP contribution is -2.25. The fourth-order valence-corrected chi connectivity index (χ4v) is 5.12. The number of aromatic nitrogens is 2. The molecule has 1 aromatic carbocycles. The first kappa shape index (κ1) is 21.6. The first-order valence-electron chi connectivity index (χ1n) is 10.8. The van der Waals surface area contributed by atoms with Crippen LogP contribution >= 0.6 is 0 Å². The van der Waals surface area contributed by atoms with Crippen LogP contribution in [0.4, 0.5) is 23.2 Å². The highest BCUT2D eigenvalue weighted by Gasteiger charge is 2.59. The molecule has 2 aliphatic carbocycles. The van der Waals surface area contributed by atoms with Crippen molar-refractivity contribution in [2.45, 2.75) is 32.0 Å². The minimum atomic E-state index is -4.52. The Hall–Kier alpha value is -3.23. The summed E-state index contributed by atoms with van der Waals surface area (Å²) in [6.07, 6.45) is -0.276. The highest BCUT2D eigenvalue weighted by atomic mass is 19.4. The molecule has 172 valence electrons. The van der Waals surface area contributed by atoms with Crippen molar-refractivity contribution >= 4 is 22.5 Å². The Morgan fingerprint density at radius 2 is 1.88 bits per heavy atom. The van der Waals surface area contributed by atoms with E-state index in [0.717, 1.165) is 25.1 Å². The average molecular weight is 459 g/mol. The van der Waals surface area contributed by atoms with Gasteiger partial charge in [-0.25, -0.2) is 9.37 Å². The van der Waals surface area contributed by atoms with Gasteiger partial charge in [-0.15, -0.1) is 0 Å². The molecule has 3 aromatic rings. The highest BCUT2D eigenvalue weighted by molar-refractivity contribution is 5.92. The number of fused-ring (bicyclic) bond motifs is 2. The van der Waals surface area contributed by atoms with Gasteiger partial charge in [0.2, 0.25) is 5.91 Å². The van der Waals surface area contributed by atoms with Gasteiger partial charge in [0.25, 0.3) is 0 Å². The molecule has 2 saturated carbocycles. The van der Waals surface area contributed by atoms with Crippen molar-refractivity contribution < 1.29 is 27.1 Å². The molecule has 9 heteroatoms. The second-order valence-corrected chi connectivity index (χ2v) is 8.79. The van der Waals surface area contributed by atoms with Gasteiger partial charge in [-0.2, -0.15) is 13.2 Å².